The minimum atomic E-state index is 0.224. The van der Waals surface area contributed by atoms with E-state index in [1.807, 2.05) is 6.20 Å². The van der Waals surface area contributed by atoms with Crippen LogP contribution in [0.3, 0.4) is 0 Å². The van der Waals surface area contributed by atoms with E-state index in [9.17, 15) is 0 Å². The minimum Gasteiger partial charge on any atom is -0.444 e. The SMILES string of the molecule is CC(C)NCc1ncc(C2(C)CCCCC2)o1. The Morgan fingerprint density at radius 2 is 2.06 bits per heavy atom. The summed E-state index contributed by atoms with van der Waals surface area (Å²) in [6, 6.07) is 0.468. The van der Waals surface area contributed by atoms with Gasteiger partial charge in [0.25, 0.3) is 0 Å². The highest BCUT2D eigenvalue weighted by molar-refractivity contribution is 5.10. The molecule has 1 N–H and O–H groups in total. The van der Waals surface area contributed by atoms with Crippen molar-refractivity contribution in [3.8, 4) is 0 Å². The van der Waals surface area contributed by atoms with Crippen molar-refractivity contribution in [1.82, 2.24) is 10.3 Å². The Balaban J connectivity index is 2.01. The van der Waals surface area contributed by atoms with Crippen molar-refractivity contribution in [2.24, 2.45) is 0 Å². The Labute approximate surface area is 104 Å². The second-order valence-electron chi connectivity index (χ2n) is 5.78. The third-order valence-corrected chi connectivity index (χ3v) is 3.77. The first-order chi connectivity index (χ1) is 8.10. The largest absolute Gasteiger partial charge is 0.444 e. The molecule has 3 heteroatoms. The number of nitrogens with zero attached hydrogens (tertiary/aromatic N) is 1. The van der Waals surface area contributed by atoms with Crippen LogP contribution in [-0.4, -0.2) is 11.0 Å². The summed E-state index contributed by atoms with van der Waals surface area (Å²) in [7, 11) is 0. The highest BCUT2D eigenvalue weighted by atomic mass is 16.4. The lowest BCUT2D eigenvalue weighted by atomic mass is 9.74. The summed E-state index contributed by atoms with van der Waals surface area (Å²) in [6.45, 7) is 7.30. The van der Waals surface area contributed by atoms with Gasteiger partial charge < -0.3 is 9.73 Å². The van der Waals surface area contributed by atoms with E-state index in [1.54, 1.807) is 0 Å². The monoisotopic (exact) mass is 236 g/mol. The van der Waals surface area contributed by atoms with Gasteiger partial charge in [0, 0.05) is 11.5 Å². The zero-order valence-corrected chi connectivity index (χ0v) is 11.3. The zero-order chi connectivity index (χ0) is 12.3. The summed E-state index contributed by atoms with van der Waals surface area (Å²) in [5.74, 6) is 1.90. The molecule has 0 spiro atoms. The van der Waals surface area contributed by atoms with Gasteiger partial charge in [0.15, 0.2) is 0 Å². The number of hydrogen-bond donors (Lipinski definition) is 1. The van der Waals surface area contributed by atoms with Crippen molar-refractivity contribution < 1.29 is 4.42 Å². The van der Waals surface area contributed by atoms with Crippen LogP contribution in [0, 0.1) is 0 Å². The molecule has 0 aliphatic heterocycles. The van der Waals surface area contributed by atoms with Crippen molar-refractivity contribution in [3.63, 3.8) is 0 Å². The molecule has 0 bridgehead atoms. The summed E-state index contributed by atoms with van der Waals surface area (Å²) >= 11 is 0. The Morgan fingerprint density at radius 1 is 1.35 bits per heavy atom. The fraction of sp³-hybridized carbons (Fsp3) is 0.786. The van der Waals surface area contributed by atoms with Crippen molar-refractivity contribution in [2.45, 2.75) is 70.9 Å². The predicted octanol–water partition coefficient (Wildman–Crippen LogP) is 3.39. The van der Waals surface area contributed by atoms with E-state index in [0.29, 0.717) is 6.04 Å². The molecule has 0 aromatic carbocycles. The lowest BCUT2D eigenvalue weighted by Crippen LogP contribution is -2.24. The Bertz CT molecular complexity index is 351. The van der Waals surface area contributed by atoms with Gasteiger partial charge in [-0.1, -0.05) is 40.0 Å². The molecule has 17 heavy (non-hydrogen) atoms. The van der Waals surface area contributed by atoms with E-state index in [2.05, 4.69) is 31.1 Å². The number of nitrogens with one attached hydrogen (secondary N) is 1. The maximum absolute atomic E-state index is 5.90. The van der Waals surface area contributed by atoms with Gasteiger partial charge in [-0.3, -0.25) is 0 Å². The third-order valence-electron chi connectivity index (χ3n) is 3.77. The van der Waals surface area contributed by atoms with Crippen LogP contribution in [0.2, 0.25) is 0 Å². The van der Waals surface area contributed by atoms with Gasteiger partial charge in [0.05, 0.1) is 12.7 Å². The topological polar surface area (TPSA) is 38.1 Å². The maximum atomic E-state index is 5.90. The van der Waals surface area contributed by atoms with E-state index >= 15 is 0 Å². The highest BCUT2D eigenvalue weighted by Gasteiger charge is 2.32. The van der Waals surface area contributed by atoms with Crippen LogP contribution in [-0.2, 0) is 12.0 Å². The highest BCUT2D eigenvalue weighted by Crippen LogP contribution is 2.39. The average Bonchev–Trinajstić information content (AvgIpc) is 2.76. The number of aromatic nitrogens is 1. The predicted molar refractivity (Wildman–Crippen MR) is 68.9 cm³/mol. The summed E-state index contributed by atoms with van der Waals surface area (Å²) in [6.07, 6.45) is 8.40. The fourth-order valence-electron chi connectivity index (χ4n) is 2.54. The van der Waals surface area contributed by atoms with Gasteiger partial charge >= 0.3 is 0 Å². The van der Waals surface area contributed by atoms with Crippen LogP contribution >= 0.6 is 0 Å². The van der Waals surface area contributed by atoms with Crippen molar-refractivity contribution >= 4 is 0 Å². The molecule has 1 fully saturated rings. The van der Waals surface area contributed by atoms with Crippen LogP contribution in [0.15, 0.2) is 10.6 Å². The first-order valence-corrected chi connectivity index (χ1v) is 6.79. The Morgan fingerprint density at radius 3 is 2.71 bits per heavy atom. The maximum Gasteiger partial charge on any atom is 0.208 e. The van der Waals surface area contributed by atoms with Gasteiger partial charge in [-0.25, -0.2) is 4.98 Å². The summed E-state index contributed by atoms with van der Waals surface area (Å²) in [5.41, 5.74) is 0.224. The van der Waals surface area contributed by atoms with E-state index in [4.69, 9.17) is 4.42 Å². The van der Waals surface area contributed by atoms with Gasteiger partial charge in [0.2, 0.25) is 5.89 Å². The summed E-state index contributed by atoms with van der Waals surface area (Å²) < 4.78 is 5.90. The molecule has 1 heterocycles. The molecule has 0 amide bonds. The molecule has 0 atom stereocenters. The second kappa shape index (κ2) is 5.21. The summed E-state index contributed by atoms with van der Waals surface area (Å²) in [5, 5.41) is 3.33. The molecule has 3 nitrogen and oxygen atoms in total. The van der Waals surface area contributed by atoms with Crippen LogP contribution < -0.4 is 5.32 Å². The first kappa shape index (κ1) is 12.6. The van der Waals surface area contributed by atoms with Gasteiger partial charge in [0.1, 0.15) is 5.76 Å². The third kappa shape index (κ3) is 3.09. The molecular weight excluding hydrogens is 212 g/mol. The molecule has 0 saturated heterocycles. The molecule has 2 rings (SSSR count). The molecule has 1 aromatic rings. The lowest BCUT2D eigenvalue weighted by molar-refractivity contribution is 0.259. The molecule has 1 aromatic heterocycles. The molecule has 0 unspecified atom stereocenters. The second-order valence-corrected chi connectivity index (χ2v) is 5.78. The zero-order valence-electron chi connectivity index (χ0n) is 11.3. The van der Waals surface area contributed by atoms with Crippen molar-refractivity contribution in [2.75, 3.05) is 0 Å². The molecular formula is C14H24N2O. The smallest absolute Gasteiger partial charge is 0.208 e. The molecule has 96 valence electrons. The number of oxazole rings is 1. The molecule has 1 aliphatic rings. The van der Waals surface area contributed by atoms with E-state index in [1.165, 1.54) is 32.1 Å². The van der Waals surface area contributed by atoms with Gasteiger partial charge in [-0.15, -0.1) is 0 Å². The van der Waals surface area contributed by atoms with Gasteiger partial charge in [-0.05, 0) is 12.8 Å². The Hall–Kier alpha value is -0.830. The van der Waals surface area contributed by atoms with E-state index in [-0.39, 0.29) is 5.41 Å². The standard InChI is InChI=1S/C14H24N2O/c1-11(2)15-10-13-16-9-12(17-13)14(3)7-5-4-6-8-14/h9,11,15H,4-8,10H2,1-3H3. The van der Waals surface area contributed by atoms with Crippen LogP contribution in [0.5, 0.6) is 0 Å². The number of hydrogen-bond acceptors (Lipinski definition) is 3. The van der Waals surface area contributed by atoms with Crippen LogP contribution in [0.25, 0.3) is 0 Å². The quantitative estimate of drug-likeness (QED) is 0.870. The molecule has 1 saturated carbocycles. The number of rotatable bonds is 4. The Kier molecular flexibility index (Phi) is 3.87. The first-order valence-electron chi connectivity index (χ1n) is 6.79. The van der Waals surface area contributed by atoms with Crippen molar-refractivity contribution in [1.29, 1.82) is 0 Å². The normalized spacial score (nSPS) is 19.8. The van der Waals surface area contributed by atoms with E-state index in [0.717, 1.165) is 18.2 Å². The van der Waals surface area contributed by atoms with Gasteiger partial charge in [-0.2, -0.15) is 0 Å². The average molecular weight is 236 g/mol. The van der Waals surface area contributed by atoms with Crippen molar-refractivity contribution in [3.05, 3.63) is 17.8 Å². The van der Waals surface area contributed by atoms with Crippen LogP contribution in [0.1, 0.15) is 64.5 Å². The fourth-order valence-corrected chi connectivity index (χ4v) is 2.54. The van der Waals surface area contributed by atoms with E-state index < -0.39 is 0 Å². The molecule has 1 aliphatic carbocycles. The minimum absolute atomic E-state index is 0.224. The summed E-state index contributed by atoms with van der Waals surface area (Å²) in [4.78, 5) is 4.38. The lowest BCUT2D eigenvalue weighted by Gasteiger charge is -2.30. The molecule has 0 radical (unpaired) electrons. The van der Waals surface area contributed by atoms with Crippen LogP contribution in [0.4, 0.5) is 0 Å².